The number of aromatic nitrogens is 1. The van der Waals surface area contributed by atoms with Crippen LogP contribution in [0, 0.1) is 0 Å². The Labute approximate surface area is 170 Å². The molecule has 1 unspecified atom stereocenters. The van der Waals surface area contributed by atoms with Gasteiger partial charge in [0.25, 0.3) is 5.91 Å². The molecule has 0 saturated carbocycles. The highest BCUT2D eigenvalue weighted by Crippen LogP contribution is 2.27. The van der Waals surface area contributed by atoms with Crippen molar-refractivity contribution in [3.05, 3.63) is 45.4 Å². The van der Waals surface area contributed by atoms with Crippen molar-refractivity contribution < 1.29 is 14.3 Å². The van der Waals surface area contributed by atoms with Crippen molar-refractivity contribution in [2.45, 2.75) is 57.5 Å². The van der Waals surface area contributed by atoms with Crippen LogP contribution in [0.4, 0.5) is 0 Å². The summed E-state index contributed by atoms with van der Waals surface area (Å²) >= 11 is 1.86. The molecule has 2 heterocycles. The lowest BCUT2D eigenvalue weighted by molar-refractivity contribution is 0.0679. The Balaban J connectivity index is 1.17. The zero-order valence-electron chi connectivity index (χ0n) is 16.2. The van der Waals surface area contributed by atoms with Crippen LogP contribution in [0.25, 0.3) is 0 Å². The molecule has 0 radical (unpaired) electrons. The predicted molar refractivity (Wildman–Crippen MR) is 110 cm³/mol. The highest BCUT2D eigenvalue weighted by atomic mass is 32.1. The fourth-order valence-electron chi connectivity index (χ4n) is 3.72. The summed E-state index contributed by atoms with van der Waals surface area (Å²) in [4.78, 5) is 18.6. The van der Waals surface area contributed by atoms with E-state index in [9.17, 15) is 4.79 Å². The third-order valence-electron chi connectivity index (χ3n) is 5.32. The average Bonchev–Trinajstić information content (AvgIpc) is 3.39. The minimum Gasteiger partial charge on any atom is -0.491 e. The number of thiazole rings is 1. The highest BCUT2D eigenvalue weighted by molar-refractivity contribution is 7.11. The van der Waals surface area contributed by atoms with Gasteiger partial charge in [0.2, 0.25) is 0 Å². The third kappa shape index (κ3) is 5.11. The van der Waals surface area contributed by atoms with Crippen molar-refractivity contribution >= 4 is 17.2 Å². The number of carbonyl (C=O) groups excluding carboxylic acids is 1. The van der Waals surface area contributed by atoms with E-state index in [0.29, 0.717) is 18.7 Å². The van der Waals surface area contributed by atoms with Crippen molar-refractivity contribution in [1.82, 2.24) is 10.3 Å². The van der Waals surface area contributed by atoms with Crippen molar-refractivity contribution in [3.8, 4) is 5.75 Å². The molecule has 1 amide bonds. The van der Waals surface area contributed by atoms with Gasteiger partial charge in [0.05, 0.1) is 16.8 Å². The molecule has 5 nitrogen and oxygen atoms in total. The molecule has 2 aliphatic rings. The zero-order chi connectivity index (χ0) is 19.2. The minimum atomic E-state index is -0.0379. The molecule has 2 aromatic rings. The normalized spacial score (nSPS) is 18.6. The van der Waals surface area contributed by atoms with Gasteiger partial charge in [-0.05, 0) is 69.2 Å². The molecule has 28 heavy (non-hydrogen) atoms. The lowest BCUT2D eigenvalue weighted by Gasteiger charge is -2.11. The number of rotatable bonds is 8. The van der Waals surface area contributed by atoms with E-state index in [0.717, 1.165) is 44.5 Å². The van der Waals surface area contributed by atoms with Gasteiger partial charge < -0.3 is 14.8 Å². The summed E-state index contributed by atoms with van der Waals surface area (Å²) in [7, 11) is 0. The number of nitrogens with zero attached hydrogens (tertiary/aromatic N) is 1. The highest BCUT2D eigenvalue weighted by Gasteiger charge is 2.16. The van der Waals surface area contributed by atoms with E-state index in [1.807, 2.05) is 35.6 Å². The maximum atomic E-state index is 12.3. The monoisotopic (exact) mass is 400 g/mol. The second-order valence-corrected chi connectivity index (χ2v) is 8.68. The first kappa shape index (κ1) is 19.4. The van der Waals surface area contributed by atoms with Gasteiger partial charge >= 0.3 is 0 Å². The van der Waals surface area contributed by atoms with Crippen molar-refractivity contribution in [2.24, 2.45) is 0 Å². The summed E-state index contributed by atoms with van der Waals surface area (Å²) in [5, 5.41) is 4.22. The Morgan fingerprint density at radius 2 is 2.07 bits per heavy atom. The topological polar surface area (TPSA) is 60.5 Å². The lowest BCUT2D eigenvalue weighted by Crippen LogP contribution is -2.24. The number of amides is 1. The Morgan fingerprint density at radius 1 is 1.21 bits per heavy atom. The molecule has 1 atom stereocenters. The van der Waals surface area contributed by atoms with Crippen molar-refractivity contribution in [2.75, 3.05) is 19.8 Å². The lowest BCUT2D eigenvalue weighted by atomic mass is 10.0. The second kappa shape index (κ2) is 9.52. The molecule has 1 N–H and O–H groups in total. The molecular formula is C22H28N2O3S. The van der Waals surface area contributed by atoms with E-state index >= 15 is 0 Å². The van der Waals surface area contributed by atoms with E-state index in [1.54, 1.807) is 0 Å². The van der Waals surface area contributed by atoms with E-state index in [1.165, 1.54) is 34.8 Å². The summed E-state index contributed by atoms with van der Waals surface area (Å²) in [6, 6.07) is 7.33. The number of nitrogens with one attached hydrogen (secondary N) is 1. The molecule has 0 bridgehead atoms. The number of hydrogen-bond donors (Lipinski definition) is 1. The minimum absolute atomic E-state index is 0.0379. The van der Waals surface area contributed by atoms with Gasteiger partial charge in [-0.15, -0.1) is 11.3 Å². The fourth-order valence-corrected chi connectivity index (χ4v) is 4.92. The standard InChI is InChI=1S/C22H28N2O3S/c25-22(16-9-11-17(12-10-16)27-15-18-5-4-14-26-18)23-13-3-8-21-24-19-6-1-2-7-20(19)28-21/h9-12,18H,1-8,13-15H2,(H,23,25). The average molecular weight is 401 g/mol. The van der Waals surface area contributed by atoms with E-state index in [4.69, 9.17) is 14.5 Å². The van der Waals surface area contributed by atoms with E-state index in [-0.39, 0.29) is 12.0 Å². The van der Waals surface area contributed by atoms with Crippen molar-refractivity contribution in [1.29, 1.82) is 0 Å². The van der Waals surface area contributed by atoms with Crippen LogP contribution in [0.15, 0.2) is 24.3 Å². The first-order valence-electron chi connectivity index (χ1n) is 10.4. The molecule has 150 valence electrons. The molecular weight excluding hydrogens is 372 g/mol. The number of carbonyl (C=O) groups is 1. The number of ether oxygens (including phenoxy) is 2. The first-order chi connectivity index (χ1) is 13.8. The van der Waals surface area contributed by atoms with Crippen LogP contribution in [0.3, 0.4) is 0 Å². The Bertz CT molecular complexity index is 758. The van der Waals surface area contributed by atoms with E-state index < -0.39 is 0 Å². The van der Waals surface area contributed by atoms with Crippen LogP contribution in [0.2, 0.25) is 0 Å². The van der Waals surface area contributed by atoms with Crippen LogP contribution >= 0.6 is 11.3 Å². The molecule has 1 aromatic heterocycles. The largest absolute Gasteiger partial charge is 0.491 e. The molecule has 1 aromatic carbocycles. The van der Waals surface area contributed by atoms with Gasteiger partial charge in [-0.25, -0.2) is 4.98 Å². The Kier molecular flexibility index (Phi) is 6.60. The first-order valence-corrected chi connectivity index (χ1v) is 11.2. The Morgan fingerprint density at radius 3 is 2.86 bits per heavy atom. The van der Waals surface area contributed by atoms with Gasteiger partial charge in [-0.1, -0.05) is 0 Å². The van der Waals surface area contributed by atoms with Gasteiger partial charge in [0.1, 0.15) is 12.4 Å². The summed E-state index contributed by atoms with van der Waals surface area (Å²) in [5.41, 5.74) is 1.98. The summed E-state index contributed by atoms with van der Waals surface area (Å²) in [6.45, 7) is 2.07. The Hall–Kier alpha value is -1.92. The number of fused-ring (bicyclic) bond motifs is 1. The van der Waals surface area contributed by atoms with Crippen LogP contribution < -0.4 is 10.1 Å². The third-order valence-corrected chi connectivity index (χ3v) is 6.54. The molecule has 1 aliphatic heterocycles. The number of hydrogen-bond acceptors (Lipinski definition) is 5. The molecule has 1 aliphatic carbocycles. The van der Waals surface area contributed by atoms with Crippen LogP contribution in [0.1, 0.15) is 58.0 Å². The van der Waals surface area contributed by atoms with Gasteiger partial charge in [-0.3, -0.25) is 4.79 Å². The van der Waals surface area contributed by atoms with Gasteiger partial charge in [0.15, 0.2) is 0 Å². The van der Waals surface area contributed by atoms with Crippen molar-refractivity contribution in [3.63, 3.8) is 0 Å². The van der Waals surface area contributed by atoms with Gasteiger partial charge in [0, 0.05) is 30.0 Å². The SMILES string of the molecule is O=C(NCCCc1nc2c(s1)CCCC2)c1ccc(OCC2CCCO2)cc1. The molecule has 6 heteroatoms. The summed E-state index contributed by atoms with van der Waals surface area (Å²) < 4.78 is 11.3. The molecule has 4 rings (SSSR count). The molecule has 1 fully saturated rings. The fraction of sp³-hybridized carbons (Fsp3) is 0.545. The summed E-state index contributed by atoms with van der Waals surface area (Å²) in [5.74, 6) is 0.740. The predicted octanol–water partition coefficient (Wildman–Crippen LogP) is 3.94. The number of aryl methyl sites for hydroxylation is 3. The maximum Gasteiger partial charge on any atom is 0.251 e. The molecule has 1 saturated heterocycles. The maximum absolute atomic E-state index is 12.3. The van der Waals surface area contributed by atoms with Crippen LogP contribution in [0.5, 0.6) is 5.75 Å². The summed E-state index contributed by atoms with van der Waals surface area (Å²) in [6.07, 6.45) is 9.11. The van der Waals surface area contributed by atoms with E-state index in [2.05, 4.69) is 5.32 Å². The van der Waals surface area contributed by atoms with Gasteiger partial charge in [-0.2, -0.15) is 0 Å². The number of benzene rings is 1. The second-order valence-electron chi connectivity index (χ2n) is 7.51. The van der Waals surface area contributed by atoms with Crippen LogP contribution in [-0.2, 0) is 24.0 Å². The van der Waals surface area contributed by atoms with Crippen LogP contribution in [-0.4, -0.2) is 36.8 Å². The zero-order valence-corrected chi connectivity index (χ0v) is 17.1. The molecule has 0 spiro atoms. The smallest absolute Gasteiger partial charge is 0.251 e. The quantitative estimate of drug-likeness (QED) is 0.682.